The zero-order chi connectivity index (χ0) is 11.3. The lowest BCUT2D eigenvalue weighted by Crippen LogP contribution is -2.08. The largest absolute Gasteiger partial charge is 0.369 e. The zero-order valence-electron chi connectivity index (χ0n) is 7.62. The third-order valence-electron chi connectivity index (χ3n) is 1.45. The minimum atomic E-state index is -0.511. The normalized spacial score (nSPS) is 8.53. The minimum Gasteiger partial charge on any atom is -0.369 e. The van der Waals surface area contributed by atoms with Crippen molar-refractivity contribution < 1.29 is 4.79 Å². The van der Waals surface area contributed by atoms with Gasteiger partial charge in [-0.05, 0) is 6.07 Å². The van der Waals surface area contributed by atoms with Crippen molar-refractivity contribution in [1.29, 1.82) is 5.26 Å². The molecule has 0 aliphatic carbocycles. The van der Waals surface area contributed by atoms with Gasteiger partial charge in [0.1, 0.15) is 11.2 Å². The number of carbonyl (C=O) groups is 1. The Hall–Kier alpha value is -2.04. The van der Waals surface area contributed by atoms with Crippen LogP contribution in [0.15, 0.2) is 12.3 Å². The second-order valence-corrected chi connectivity index (χ2v) is 2.98. The molecule has 4 nitrogen and oxygen atoms in total. The summed E-state index contributed by atoms with van der Waals surface area (Å²) in [6.45, 7) is 0. The number of nitrogens with zero attached hydrogens (tertiary/aromatic N) is 2. The quantitative estimate of drug-likeness (QED) is 0.561. The van der Waals surface area contributed by atoms with Crippen molar-refractivity contribution in [3.05, 3.63) is 28.5 Å². The first-order chi connectivity index (χ1) is 7.13. The molecule has 74 valence electrons. The number of aromatic nitrogens is 1. The molecule has 1 aromatic rings. The maximum absolute atomic E-state index is 10.4. The van der Waals surface area contributed by atoms with Crippen LogP contribution in [0.25, 0.3) is 0 Å². The highest BCUT2D eigenvalue weighted by Crippen LogP contribution is 2.12. The first-order valence-corrected chi connectivity index (χ1v) is 4.34. The van der Waals surface area contributed by atoms with E-state index in [0.717, 1.165) is 0 Å². The van der Waals surface area contributed by atoms with E-state index in [9.17, 15) is 4.79 Å². The first-order valence-electron chi connectivity index (χ1n) is 3.96. The average Bonchev–Trinajstić information content (AvgIpc) is 2.20. The van der Waals surface area contributed by atoms with Crippen LogP contribution in [0.1, 0.15) is 17.5 Å². The van der Waals surface area contributed by atoms with Gasteiger partial charge in [-0.3, -0.25) is 4.79 Å². The number of amides is 1. The van der Waals surface area contributed by atoms with Crippen LogP contribution in [0.5, 0.6) is 0 Å². The van der Waals surface area contributed by atoms with Crippen LogP contribution in [0.3, 0.4) is 0 Å². The van der Waals surface area contributed by atoms with Gasteiger partial charge < -0.3 is 5.73 Å². The molecule has 0 aliphatic heterocycles. The predicted octanol–water partition coefficient (Wildman–Crippen LogP) is 0.834. The highest BCUT2D eigenvalue weighted by Gasteiger charge is 2.00. The molecule has 1 aromatic heterocycles. The van der Waals surface area contributed by atoms with Gasteiger partial charge >= 0.3 is 0 Å². The number of nitriles is 1. The lowest BCUT2D eigenvalue weighted by atomic mass is 10.2. The number of primary amides is 1. The van der Waals surface area contributed by atoms with Gasteiger partial charge in [-0.15, -0.1) is 0 Å². The fourth-order valence-corrected chi connectivity index (χ4v) is 0.974. The Morgan fingerprint density at radius 3 is 3.00 bits per heavy atom. The number of rotatable bonds is 1. The summed E-state index contributed by atoms with van der Waals surface area (Å²) >= 11 is 5.73. The Balaban J connectivity index is 2.97. The molecule has 15 heavy (non-hydrogen) atoms. The molecule has 0 bridgehead atoms. The highest BCUT2D eigenvalue weighted by atomic mass is 35.5. The monoisotopic (exact) mass is 219 g/mol. The SMILES string of the molecule is N#Cc1cnc(Cl)c(C#CCC(N)=O)c1. The molecule has 5 heteroatoms. The third-order valence-corrected chi connectivity index (χ3v) is 1.76. The van der Waals surface area contributed by atoms with Crippen molar-refractivity contribution in [2.45, 2.75) is 6.42 Å². The van der Waals surface area contributed by atoms with Gasteiger partial charge in [-0.1, -0.05) is 23.4 Å². The van der Waals surface area contributed by atoms with Crippen molar-refractivity contribution in [2.75, 3.05) is 0 Å². The maximum atomic E-state index is 10.4. The van der Waals surface area contributed by atoms with Crippen LogP contribution >= 0.6 is 11.6 Å². The number of pyridine rings is 1. The van der Waals surface area contributed by atoms with E-state index in [1.807, 2.05) is 6.07 Å². The van der Waals surface area contributed by atoms with E-state index in [-0.39, 0.29) is 11.6 Å². The molecule has 1 heterocycles. The van der Waals surface area contributed by atoms with Gasteiger partial charge in [0.15, 0.2) is 0 Å². The highest BCUT2D eigenvalue weighted by molar-refractivity contribution is 6.30. The Labute approximate surface area is 91.7 Å². The fourth-order valence-electron chi connectivity index (χ4n) is 0.823. The third kappa shape index (κ3) is 3.30. The molecule has 0 unspecified atom stereocenters. The smallest absolute Gasteiger partial charge is 0.229 e. The lowest BCUT2D eigenvalue weighted by Gasteiger charge is -1.94. The van der Waals surface area contributed by atoms with Gasteiger partial charge in [0.05, 0.1) is 17.5 Å². The van der Waals surface area contributed by atoms with Gasteiger partial charge in [0.25, 0.3) is 0 Å². The second kappa shape index (κ2) is 4.99. The molecule has 0 spiro atoms. The summed E-state index contributed by atoms with van der Waals surface area (Å²) < 4.78 is 0. The molecular weight excluding hydrogens is 214 g/mol. The van der Waals surface area contributed by atoms with Gasteiger partial charge in [0.2, 0.25) is 5.91 Å². The number of carbonyl (C=O) groups excluding carboxylic acids is 1. The molecule has 0 fully saturated rings. The van der Waals surface area contributed by atoms with Gasteiger partial charge in [0, 0.05) is 6.20 Å². The van der Waals surface area contributed by atoms with Crippen molar-refractivity contribution in [1.82, 2.24) is 4.98 Å². The Kier molecular flexibility index (Phi) is 3.68. The van der Waals surface area contributed by atoms with Crippen molar-refractivity contribution in [3.63, 3.8) is 0 Å². The lowest BCUT2D eigenvalue weighted by molar-refractivity contribution is -0.117. The minimum absolute atomic E-state index is 0.0485. The van der Waals surface area contributed by atoms with Crippen LogP contribution in [0, 0.1) is 23.2 Å². The van der Waals surface area contributed by atoms with Crippen molar-refractivity contribution >= 4 is 17.5 Å². The van der Waals surface area contributed by atoms with Crippen molar-refractivity contribution in [3.8, 4) is 17.9 Å². The topological polar surface area (TPSA) is 79.8 Å². The van der Waals surface area contributed by atoms with Crippen LogP contribution in [-0.2, 0) is 4.79 Å². The van der Waals surface area contributed by atoms with E-state index in [0.29, 0.717) is 11.1 Å². The Morgan fingerprint density at radius 2 is 2.40 bits per heavy atom. The average molecular weight is 220 g/mol. The molecule has 0 atom stereocenters. The van der Waals surface area contributed by atoms with E-state index >= 15 is 0 Å². The summed E-state index contributed by atoms with van der Waals surface area (Å²) in [6, 6.07) is 3.42. The van der Waals surface area contributed by atoms with Gasteiger partial charge in [-0.25, -0.2) is 4.98 Å². The van der Waals surface area contributed by atoms with Crippen LogP contribution in [0.4, 0.5) is 0 Å². The van der Waals surface area contributed by atoms with E-state index in [1.54, 1.807) is 0 Å². The molecule has 0 saturated heterocycles. The fraction of sp³-hybridized carbons (Fsp3) is 0.100. The summed E-state index contributed by atoms with van der Waals surface area (Å²) in [5.41, 5.74) is 5.69. The zero-order valence-corrected chi connectivity index (χ0v) is 8.38. The van der Waals surface area contributed by atoms with E-state index in [4.69, 9.17) is 22.6 Å². The van der Waals surface area contributed by atoms with E-state index in [2.05, 4.69) is 16.8 Å². The molecule has 0 aliphatic rings. The molecule has 1 amide bonds. The van der Waals surface area contributed by atoms with E-state index in [1.165, 1.54) is 12.3 Å². The first kappa shape index (κ1) is 11.0. The summed E-state index contributed by atoms with van der Waals surface area (Å²) in [4.78, 5) is 14.2. The Bertz CT molecular complexity index is 494. The standard InChI is InChI=1S/C10H6ClN3O/c11-10-8(2-1-3-9(13)15)4-7(5-12)6-14-10/h4,6H,3H2,(H2,13,15). The number of hydrogen-bond acceptors (Lipinski definition) is 3. The van der Waals surface area contributed by atoms with Crippen LogP contribution in [-0.4, -0.2) is 10.9 Å². The number of hydrogen-bond donors (Lipinski definition) is 1. The summed E-state index contributed by atoms with van der Waals surface area (Å²) in [5.74, 6) is 4.65. The van der Waals surface area contributed by atoms with Crippen LogP contribution in [0.2, 0.25) is 5.15 Å². The molecule has 2 N–H and O–H groups in total. The van der Waals surface area contributed by atoms with E-state index < -0.39 is 5.91 Å². The molecule has 1 rings (SSSR count). The van der Waals surface area contributed by atoms with Crippen molar-refractivity contribution in [2.24, 2.45) is 5.73 Å². The number of nitrogens with two attached hydrogens (primary N) is 1. The molecule has 0 saturated carbocycles. The summed E-state index contributed by atoms with van der Waals surface area (Å²) in [6.07, 6.45) is 1.30. The molecule has 0 radical (unpaired) electrons. The molecule has 0 aromatic carbocycles. The predicted molar refractivity (Wildman–Crippen MR) is 54.7 cm³/mol. The van der Waals surface area contributed by atoms with Gasteiger partial charge in [-0.2, -0.15) is 5.26 Å². The second-order valence-electron chi connectivity index (χ2n) is 2.62. The number of halogens is 1. The Morgan fingerprint density at radius 1 is 1.67 bits per heavy atom. The maximum Gasteiger partial charge on any atom is 0.229 e. The molecular formula is C10H6ClN3O. The van der Waals surface area contributed by atoms with Crippen LogP contribution < -0.4 is 5.73 Å². The summed E-state index contributed by atoms with van der Waals surface area (Å²) in [7, 11) is 0. The summed E-state index contributed by atoms with van der Waals surface area (Å²) in [5, 5.41) is 8.81.